The van der Waals surface area contributed by atoms with Gasteiger partial charge < -0.3 is 4.74 Å². The molecule has 0 fully saturated rings. The molecule has 24 heavy (non-hydrogen) atoms. The smallest absolute Gasteiger partial charge is 0.240 e. The van der Waals surface area contributed by atoms with Crippen molar-refractivity contribution in [3.8, 4) is 5.75 Å². The molecule has 0 radical (unpaired) electrons. The number of rotatable bonds is 8. The van der Waals surface area contributed by atoms with E-state index in [0.29, 0.717) is 12.4 Å². The van der Waals surface area contributed by atoms with Crippen LogP contribution in [0.15, 0.2) is 47.4 Å². The maximum absolute atomic E-state index is 13.1. The van der Waals surface area contributed by atoms with Gasteiger partial charge in [0.2, 0.25) is 10.0 Å². The third-order valence-corrected chi connectivity index (χ3v) is 4.71. The average Bonchev–Trinajstić information content (AvgIpc) is 2.53. The van der Waals surface area contributed by atoms with E-state index < -0.39 is 21.7 Å². The number of hydrogen-bond donors (Lipinski definition) is 1. The largest absolute Gasteiger partial charge is 0.494 e. The van der Waals surface area contributed by atoms with E-state index in [1.165, 1.54) is 12.1 Å². The molecule has 7 heteroatoms. The predicted molar refractivity (Wildman–Crippen MR) is 87.2 cm³/mol. The van der Waals surface area contributed by atoms with Crippen LogP contribution < -0.4 is 9.46 Å². The van der Waals surface area contributed by atoms with Crippen LogP contribution >= 0.6 is 0 Å². The molecule has 0 amide bonds. The van der Waals surface area contributed by atoms with Crippen molar-refractivity contribution in [1.29, 1.82) is 0 Å². The summed E-state index contributed by atoms with van der Waals surface area (Å²) in [5.74, 6) is -0.912. The summed E-state index contributed by atoms with van der Waals surface area (Å²) < 4.78 is 58.4. The van der Waals surface area contributed by atoms with Gasteiger partial charge in [-0.15, -0.1) is 0 Å². The van der Waals surface area contributed by atoms with E-state index in [9.17, 15) is 17.2 Å². The lowest BCUT2D eigenvalue weighted by molar-refractivity contribution is 0.309. The molecule has 0 heterocycles. The number of ether oxygens (including phenoxy) is 1. The van der Waals surface area contributed by atoms with Gasteiger partial charge in [-0.2, -0.15) is 0 Å². The van der Waals surface area contributed by atoms with Crippen LogP contribution in [-0.4, -0.2) is 15.0 Å². The van der Waals surface area contributed by atoms with Crippen molar-refractivity contribution in [2.24, 2.45) is 0 Å². The van der Waals surface area contributed by atoms with Crippen molar-refractivity contribution in [2.75, 3.05) is 6.61 Å². The van der Waals surface area contributed by atoms with Gasteiger partial charge in [-0.1, -0.05) is 13.3 Å². The summed E-state index contributed by atoms with van der Waals surface area (Å²) >= 11 is 0. The Kier molecular flexibility index (Phi) is 6.28. The molecule has 4 nitrogen and oxygen atoms in total. The molecule has 0 saturated carbocycles. The van der Waals surface area contributed by atoms with E-state index >= 15 is 0 Å². The Bertz CT molecular complexity index is 757. The molecule has 2 aromatic rings. The molecule has 130 valence electrons. The molecule has 0 unspecified atom stereocenters. The molecule has 0 aliphatic carbocycles. The summed E-state index contributed by atoms with van der Waals surface area (Å²) in [4.78, 5) is 0.0576. The number of benzene rings is 2. The van der Waals surface area contributed by atoms with Crippen LogP contribution in [0.25, 0.3) is 0 Å². The van der Waals surface area contributed by atoms with Crippen LogP contribution in [-0.2, 0) is 16.6 Å². The van der Waals surface area contributed by atoms with Crippen LogP contribution in [0.1, 0.15) is 25.3 Å². The lowest BCUT2D eigenvalue weighted by Gasteiger charge is -2.09. The van der Waals surface area contributed by atoms with E-state index in [1.54, 1.807) is 12.1 Å². The Morgan fingerprint density at radius 3 is 2.25 bits per heavy atom. The highest BCUT2D eigenvalue weighted by Gasteiger charge is 2.14. The minimum absolute atomic E-state index is 0.0576. The zero-order valence-electron chi connectivity index (χ0n) is 13.3. The van der Waals surface area contributed by atoms with Gasteiger partial charge in [0, 0.05) is 12.6 Å². The van der Waals surface area contributed by atoms with Gasteiger partial charge in [-0.05, 0) is 48.4 Å². The minimum Gasteiger partial charge on any atom is -0.494 e. The first kappa shape index (κ1) is 18.4. The summed E-state index contributed by atoms with van der Waals surface area (Å²) in [6, 6.07) is 8.89. The highest BCUT2D eigenvalue weighted by atomic mass is 32.2. The maximum atomic E-state index is 13.1. The van der Waals surface area contributed by atoms with E-state index in [4.69, 9.17) is 4.74 Å². The van der Waals surface area contributed by atoms with Crippen LogP contribution in [0.5, 0.6) is 5.75 Å². The average molecular weight is 355 g/mol. The second kappa shape index (κ2) is 8.21. The molecular formula is C17H19F2NO3S. The first-order chi connectivity index (χ1) is 11.4. The number of nitrogens with one attached hydrogen (secondary N) is 1. The fraction of sp³-hybridized carbons (Fsp3) is 0.294. The molecule has 0 atom stereocenters. The Balaban J connectivity index is 2.01. The summed E-state index contributed by atoms with van der Waals surface area (Å²) in [6.45, 7) is 2.42. The minimum atomic E-state index is -3.78. The van der Waals surface area contributed by atoms with Gasteiger partial charge in [0.15, 0.2) is 0 Å². The Hall–Kier alpha value is -1.99. The van der Waals surface area contributed by atoms with Gasteiger partial charge in [0.25, 0.3) is 0 Å². The lowest BCUT2D eigenvalue weighted by atomic mass is 10.2. The van der Waals surface area contributed by atoms with Crippen molar-refractivity contribution in [3.05, 3.63) is 59.7 Å². The fourth-order valence-electron chi connectivity index (χ4n) is 2.02. The molecule has 2 aromatic carbocycles. The highest BCUT2D eigenvalue weighted by molar-refractivity contribution is 7.89. The third-order valence-electron chi connectivity index (χ3n) is 3.29. The van der Waals surface area contributed by atoms with Crippen LogP contribution in [0.4, 0.5) is 8.78 Å². The summed E-state index contributed by atoms with van der Waals surface area (Å²) in [7, 11) is -3.78. The van der Waals surface area contributed by atoms with Gasteiger partial charge in [0.05, 0.1) is 11.5 Å². The zero-order valence-corrected chi connectivity index (χ0v) is 14.1. The fourth-order valence-corrected chi connectivity index (χ4v) is 3.04. The van der Waals surface area contributed by atoms with Crippen molar-refractivity contribution in [2.45, 2.75) is 31.2 Å². The number of hydrogen-bond acceptors (Lipinski definition) is 3. The SMILES string of the molecule is CCCCOc1ccc(S(=O)(=O)NCc2cc(F)cc(F)c2)cc1. The maximum Gasteiger partial charge on any atom is 0.240 e. The standard InChI is InChI=1S/C17H19F2NO3S/c1-2-3-8-23-16-4-6-17(7-5-16)24(21,22)20-12-13-9-14(18)11-15(19)10-13/h4-7,9-11,20H,2-3,8,12H2,1H3. The summed E-state index contributed by atoms with van der Waals surface area (Å²) in [5.41, 5.74) is 0.204. The predicted octanol–water partition coefficient (Wildman–Crippen LogP) is 3.62. The summed E-state index contributed by atoms with van der Waals surface area (Å²) in [6.07, 6.45) is 1.93. The first-order valence-corrected chi connectivity index (χ1v) is 9.06. The van der Waals surface area contributed by atoms with E-state index in [-0.39, 0.29) is 17.0 Å². The van der Waals surface area contributed by atoms with Gasteiger partial charge in [-0.25, -0.2) is 21.9 Å². The number of halogens is 2. The summed E-state index contributed by atoms with van der Waals surface area (Å²) in [5, 5.41) is 0. The molecule has 0 aliphatic heterocycles. The van der Waals surface area contributed by atoms with Gasteiger partial charge >= 0.3 is 0 Å². The molecular weight excluding hydrogens is 336 g/mol. The topological polar surface area (TPSA) is 55.4 Å². The van der Waals surface area contributed by atoms with Crippen LogP contribution in [0.3, 0.4) is 0 Å². The first-order valence-electron chi connectivity index (χ1n) is 7.58. The van der Waals surface area contributed by atoms with E-state index in [2.05, 4.69) is 11.6 Å². The highest BCUT2D eigenvalue weighted by Crippen LogP contribution is 2.17. The third kappa shape index (κ3) is 5.28. The Labute approximate surface area is 140 Å². The van der Waals surface area contributed by atoms with Crippen molar-refractivity contribution in [3.63, 3.8) is 0 Å². The zero-order chi connectivity index (χ0) is 17.6. The monoisotopic (exact) mass is 355 g/mol. The molecule has 0 saturated heterocycles. The Morgan fingerprint density at radius 2 is 1.67 bits per heavy atom. The van der Waals surface area contributed by atoms with Gasteiger partial charge in [0.1, 0.15) is 17.4 Å². The van der Waals surface area contributed by atoms with Crippen molar-refractivity contribution in [1.82, 2.24) is 4.72 Å². The Morgan fingerprint density at radius 1 is 1.04 bits per heavy atom. The molecule has 1 N–H and O–H groups in total. The molecule has 0 aliphatic rings. The number of sulfonamides is 1. The van der Waals surface area contributed by atoms with Crippen molar-refractivity contribution >= 4 is 10.0 Å². The lowest BCUT2D eigenvalue weighted by Crippen LogP contribution is -2.23. The second-order valence-corrected chi connectivity index (χ2v) is 7.04. The normalized spacial score (nSPS) is 11.5. The van der Waals surface area contributed by atoms with E-state index in [0.717, 1.165) is 31.0 Å². The van der Waals surface area contributed by atoms with Crippen molar-refractivity contribution < 1.29 is 21.9 Å². The molecule has 2 rings (SSSR count). The van der Waals surface area contributed by atoms with Crippen LogP contribution in [0, 0.1) is 11.6 Å². The molecule has 0 bridgehead atoms. The van der Waals surface area contributed by atoms with Gasteiger partial charge in [-0.3, -0.25) is 0 Å². The second-order valence-electron chi connectivity index (χ2n) is 5.28. The quantitative estimate of drug-likeness (QED) is 0.736. The van der Waals surface area contributed by atoms with E-state index in [1.807, 2.05) is 0 Å². The number of unbranched alkanes of at least 4 members (excludes halogenated alkanes) is 1. The molecule has 0 aromatic heterocycles. The molecule has 0 spiro atoms. The van der Waals surface area contributed by atoms with Crippen LogP contribution in [0.2, 0.25) is 0 Å².